The van der Waals surface area contributed by atoms with Crippen molar-refractivity contribution in [2.24, 2.45) is 0 Å². The molecule has 0 aliphatic heterocycles. The van der Waals surface area contributed by atoms with E-state index in [1.165, 1.54) is 0 Å². The highest BCUT2D eigenvalue weighted by molar-refractivity contribution is 6.31. The van der Waals surface area contributed by atoms with E-state index in [4.69, 9.17) is 16.3 Å². The van der Waals surface area contributed by atoms with Gasteiger partial charge in [0.1, 0.15) is 5.75 Å². The number of hydrogen-bond donors (Lipinski definition) is 0. The van der Waals surface area contributed by atoms with Crippen LogP contribution < -0.4 is 4.74 Å². The molecule has 0 heterocycles. The van der Waals surface area contributed by atoms with Crippen molar-refractivity contribution in [3.63, 3.8) is 0 Å². The van der Waals surface area contributed by atoms with E-state index in [1.54, 1.807) is 48.5 Å². The van der Waals surface area contributed by atoms with Crippen molar-refractivity contribution in [3.8, 4) is 5.75 Å². The van der Waals surface area contributed by atoms with Gasteiger partial charge in [-0.15, -0.1) is 0 Å². The van der Waals surface area contributed by atoms with Crippen molar-refractivity contribution in [1.29, 1.82) is 0 Å². The maximum absolute atomic E-state index is 12.5. The minimum Gasteiger partial charge on any atom is -0.423 e. The standard InChI is InChI=1S/C24H21ClO3/c1-24(2,3)19-13-18(14-20(25)15-19)23(27)28-21-11-9-17(10-12-21)22(26)16-7-5-4-6-8-16/h4-15H,1-3H3. The lowest BCUT2D eigenvalue weighted by molar-refractivity contribution is 0.0734. The molecule has 0 bridgehead atoms. The number of ketones is 1. The summed E-state index contributed by atoms with van der Waals surface area (Å²) in [5.41, 5.74) is 2.35. The number of halogens is 1. The lowest BCUT2D eigenvalue weighted by Crippen LogP contribution is -2.14. The molecule has 0 aliphatic rings. The van der Waals surface area contributed by atoms with Crippen LogP contribution in [0.25, 0.3) is 0 Å². The third-order valence-corrected chi connectivity index (χ3v) is 4.58. The van der Waals surface area contributed by atoms with Crippen LogP contribution in [0.1, 0.15) is 52.6 Å². The predicted molar refractivity (Wildman–Crippen MR) is 111 cm³/mol. The first-order chi connectivity index (χ1) is 13.2. The molecule has 4 heteroatoms. The highest BCUT2D eigenvalue weighted by atomic mass is 35.5. The molecule has 3 nitrogen and oxygen atoms in total. The Morgan fingerprint density at radius 1 is 0.786 bits per heavy atom. The zero-order valence-corrected chi connectivity index (χ0v) is 16.8. The molecule has 0 spiro atoms. The Labute approximate surface area is 169 Å². The van der Waals surface area contributed by atoms with E-state index in [2.05, 4.69) is 20.8 Å². The van der Waals surface area contributed by atoms with Crippen molar-refractivity contribution in [2.75, 3.05) is 0 Å². The average molecular weight is 393 g/mol. The highest BCUT2D eigenvalue weighted by Crippen LogP contribution is 2.27. The fraction of sp³-hybridized carbons (Fsp3) is 0.167. The quantitative estimate of drug-likeness (QED) is 0.306. The van der Waals surface area contributed by atoms with Gasteiger partial charge < -0.3 is 4.74 Å². The van der Waals surface area contributed by atoms with E-state index in [9.17, 15) is 9.59 Å². The van der Waals surface area contributed by atoms with Gasteiger partial charge in [-0.2, -0.15) is 0 Å². The van der Waals surface area contributed by atoms with Gasteiger partial charge in [0.2, 0.25) is 0 Å². The Kier molecular flexibility index (Phi) is 5.66. The zero-order valence-electron chi connectivity index (χ0n) is 16.0. The summed E-state index contributed by atoms with van der Waals surface area (Å²) in [6.45, 7) is 6.16. The number of esters is 1. The maximum atomic E-state index is 12.5. The first kappa shape index (κ1) is 19.8. The zero-order chi connectivity index (χ0) is 20.3. The van der Waals surface area contributed by atoms with Crippen LogP contribution in [-0.2, 0) is 5.41 Å². The lowest BCUT2D eigenvalue weighted by Gasteiger charge is -2.20. The maximum Gasteiger partial charge on any atom is 0.343 e. The summed E-state index contributed by atoms with van der Waals surface area (Å²) in [6, 6.07) is 20.8. The van der Waals surface area contributed by atoms with Gasteiger partial charge in [0.05, 0.1) is 5.56 Å². The van der Waals surface area contributed by atoms with Crippen LogP contribution in [0.2, 0.25) is 5.02 Å². The first-order valence-corrected chi connectivity index (χ1v) is 9.35. The molecule has 28 heavy (non-hydrogen) atoms. The fourth-order valence-corrected chi connectivity index (χ4v) is 2.97. The molecule has 3 rings (SSSR count). The van der Waals surface area contributed by atoms with Gasteiger partial charge in [0.25, 0.3) is 0 Å². The molecule has 142 valence electrons. The second-order valence-electron chi connectivity index (χ2n) is 7.59. The van der Waals surface area contributed by atoms with E-state index >= 15 is 0 Å². The molecule has 3 aromatic carbocycles. The normalized spacial score (nSPS) is 11.1. The SMILES string of the molecule is CC(C)(C)c1cc(Cl)cc(C(=O)Oc2ccc(C(=O)c3ccccc3)cc2)c1. The summed E-state index contributed by atoms with van der Waals surface area (Å²) >= 11 is 6.17. The van der Waals surface area contributed by atoms with E-state index in [0.717, 1.165) is 5.56 Å². The lowest BCUT2D eigenvalue weighted by atomic mass is 9.86. The molecule has 0 saturated carbocycles. The summed E-state index contributed by atoms with van der Waals surface area (Å²) in [5, 5.41) is 0.489. The van der Waals surface area contributed by atoms with Crippen molar-refractivity contribution < 1.29 is 14.3 Å². The summed E-state index contributed by atoms with van der Waals surface area (Å²) < 4.78 is 5.45. The van der Waals surface area contributed by atoms with Gasteiger partial charge in [-0.25, -0.2) is 4.79 Å². The smallest absolute Gasteiger partial charge is 0.343 e. The monoisotopic (exact) mass is 392 g/mol. The fourth-order valence-electron chi connectivity index (χ4n) is 2.74. The van der Waals surface area contributed by atoms with Gasteiger partial charge in [-0.05, 0) is 53.4 Å². The molecule has 0 aliphatic carbocycles. The topological polar surface area (TPSA) is 43.4 Å². The molecule has 0 fully saturated rings. The van der Waals surface area contributed by atoms with E-state index in [0.29, 0.717) is 27.5 Å². The van der Waals surface area contributed by atoms with Crippen molar-refractivity contribution >= 4 is 23.4 Å². The van der Waals surface area contributed by atoms with Crippen LogP contribution in [0.5, 0.6) is 5.75 Å². The highest BCUT2D eigenvalue weighted by Gasteiger charge is 2.18. The number of carbonyl (C=O) groups excluding carboxylic acids is 2. The van der Waals surface area contributed by atoms with Crippen LogP contribution in [-0.4, -0.2) is 11.8 Å². The largest absolute Gasteiger partial charge is 0.423 e. The van der Waals surface area contributed by atoms with Crippen LogP contribution in [0.4, 0.5) is 0 Å². The van der Waals surface area contributed by atoms with Gasteiger partial charge >= 0.3 is 5.97 Å². The second kappa shape index (κ2) is 7.99. The molecule has 0 radical (unpaired) electrons. The Balaban J connectivity index is 1.77. The molecule has 3 aromatic rings. The predicted octanol–water partition coefficient (Wildman–Crippen LogP) is 6.09. The van der Waals surface area contributed by atoms with E-state index in [-0.39, 0.29) is 11.2 Å². The summed E-state index contributed by atoms with van der Waals surface area (Å²) in [5.74, 6) is -0.204. The Hall–Kier alpha value is -2.91. The third kappa shape index (κ3) is 4.68. The summed E-state index contributed by atoms with van der Waals surface area (Å²) in [7, 11) is 0. The number of carbonyl (C=O) groups is 2. The van der Waals surface area contributed by atoms with Gasteiger partial charge in [0.15, 0.2) is 5.78 Å². The molecular formula is C24H21ClO3. The van der Waals surface area contributed by atoms with Gasteiger partial charge in [-0.1, -0.05) is 62.7 Å². The third-order valence-electron chi connectivity index (χ3n) is 4.36. The minimum atomic E-state index is -0.491. The number of benzene rings is 3. The van der Waals surface area contributed by atoms with Crippen LogP contribution >= 0.6 is 11.6 Å². The Morgan fingerprint density at radius 2 is 1.39 bits per heavy atom. The van der Waals surface area contributed by atoms with Gasteiger partial charge in [-0.3, -0.25) is 4.79 Å². The minimum absolute atomic E-state index is 0.0804. The van der Waals surface area contributed by atoms with Crippen molar-refractivity contribution in [1.82, 2.24) is 0 Å². The first-order valence-electron chi connectivity index (χ1n) is 8.97. The molecule has 0 unspecified atom stereocenters. The number of hydrogen-bond acceptors (Lipinski definition) is 3. The van der Waals surface area contributed by atoms with Crippen molar-refractivity contribution in [2.45, 2.75) is 26.2 Å². The molecule has 0 amide bonds. The van der Waals surface area contributed by atoms with Crippen molar-refractivity contribution in [3.05, 3.63) is 100 Å². The van der Waals surface area contributed by atoms with Crippen LogP contribution in [0.3, 0.4) is 0 Å². The van der Waals surface area contributed by atoms with Gasteiger partial charge in [0, 0.05) is 16.1 Å². The van der Waals surface area contributed by atoms with E-state index < -0.39 is 5.97 Å². The van der Waals surface area contributed by atoms with Crippen LogP contribution in [0.15, 0.2) is 72.8 Å². The van der Waals surface area contributed by atoms with Crippen LogP contribution in [0, 0.1) is 0 Å². The molecule has 0 aromatic heterocycles. The molecular weight excluding hydrogens is 372 g/mol. The molecule has 0 atom stereocenters. The number of ether oxygens (including phenoxy) is 1. The summed E-state index contributed by atoms with van der Waals surface area (Å²) in [6.07, 6.45) is 0. The van der Waals surface area contributed by atoms with E-state index in [1.807, 2.05) is 24.3 Å². The second-order valence-corrected chi connectivity index (χ2v) is 8.02. The average Bonchev–Trinajstić information content (AvgIpc) is 2.67. The summed E-state index contributed by atoms with van der Waals surface area (Å²) in [4.78, 5) is 25.0. The number of rotatable bonds is 4. The molecule has 0 saturated heterocycles. The molecule has 0 N–H and O–H groups in total. The Morgan fingerprint density at radius 3 is 2.00 bits per heavy atom. The Bertz CT molecular complexity index is 1000.